The fraction of sp³-hybridized carbons (Fsp3) is 0.350. The summed E-state index contributed by atoms with van der Waals surface area (Å²) >= 11 is 0. The van der Waals surface area contributed by atoms with Crippen molar-refractivity contribution in [3.8, 4) is 0 Å². The number of nitrogens with two attached hydrogens (primary N) is 1. The summed E-state index contributed by atoms with van der Waals surface area (Å²) < 4.78 is 7.92. The van der Waals surface area contributed by atoms with Gasteiger partial charge < -0.3 is 25.3 Å². The topological polar surface area (TPSA) is 122 Å². The second-order valence-corrected chi connectivity index (χ2v) is 6.85. The van der Waals surface area contributed by atoms with Crippen molar-refractivity contribution in [2.75, 3.05) is 18.7 Å². The van der Waals surface area contributed by atoms with Crippen LogP contribution in [0, 0.1) is 0 Å². The Balaban J connectivity index is 0.000000994. The van der Waals surface area contributed by atoms with Crippen molar-refractivity contribution in [3.63, 3.8) is 0 Å². The third kappa shape index (κ3) is 3.44. The van der Waals surface area contributed by atoms with Crippen LogP contribution in [0.3, 0.4) is 0 Å². The quantitative estimate of drug-likeness (QED) is 0.608. The van der Waals surface area contributed by atoms with Crippen LogP contribution in [0.4, 0.5) is 5.82 Å². The molecule has 0 bridgehead atoms. The van der Waals surface area contributed by atoms with E-state index in [1.807, 2.05) is 46.1 Å². The SMILES string of the molecule is CO.NC1=NN(Cc2ccccc2)c2ncnc3c2c1cn3C1CCC(CO)O1. The second kappa shape index (κ2) is 8.16. The van der Waals surface area contributed by atoms with Crippen LogP contribution >= 0.6 is 0 Å². The van der Waals surface area contributed by atoms with Crippen LogP contribution < -0.4 is 10.7 Å². The van der Waals surface area contributed by atoms with Crippen molar-refractivity contribution in [1.29, 1.82) is 0 Å². The van der Waals surface area contributed by atoms with Crippen molar-refractivity contribution in [2.45, 2.75) is 31.7 Å². The van der Waals surface area contributed by atoms with E-state index in [-0.39, 0.29) is 18.9 Å². The molecule has 9 heteroatoms. The second-order valence-electron chi connectivity index (χ2n) is 6.85. The van der Waals surface area contributed by atoms with Gasteiger partial charge in [-0.3, -0.25) is 0 Å². The maximum absolute atomic E-state index is 9.36. The number of hydrogen-bond acceptors (Lipinski definition) is 8. The van der Waals surface area contributed by atoms with Crippen LogP contribution in [-0.2, 0) is 11.3 Å². The molecule has 2 aliphatic rings. The van der Waals surface area contributed by atoms with Gasteiger partial charge in [-0.05, 0) is 18.4 Å². The summed E-state index contributed by atoms with van der Waals surface area (Å²) in [6.07, 6.45) is 4.81. The molecule has 1 aromatic carbocycles. The van der Waals surface area contributed by atoms with Crippen LogP contribution in [0.15, 0.2) is 48.0 Å². The van der Waals surface area contributed by atoms with Crippen LogP contribution in [-0.4, -0.2) is 50.4 Å². The Bertz CT molecular complexity index is 1020. The zero-order valence-electron chi connectivity index (χ0n) is 16.1. The highest BCUT2D eigenvalue weighted by Crippen LogP contribution is 2.37. The van der Waals surface area contributed by atoms with E-state index in [1.165, 1.54) is 0 Å². The molecule has 1 saturated heterocycles. The summed E-state index contributed by atoms with van der Waals surface area (Å²) in [4.78, 5) is 8.97. The third-order valence-electron chi connectivity index (χ3n) is 5.11. The van der Waals surface area contributed by atoms with Gasteiger partial charge in [-0.2, -0.15) is 5.10 Å². The lowest BCUT2D eigenvalue weighted by molar-refractivity contribution is -0.0204. The van der Waals surface area contributed by atoms with Crippen LogP contribution in [0.25, 0.3) is 11.0 Å². The molecule has 0 amide bonds. The molecule has 9 nitrogen and oxygen atoms in total. The minimum Gasteiger partial charge on any atom is -0.400 e. The summed E-state index contributed by atoms with van der Waals surface area (Å²) in [5.74, 6) is 1.18. The molecule has 2 aromatic heterocycles. The predicted octanol–water partition coefficient (Wildman–Crippen LogP) is 1.35. The summed E-state index contributed by atoms with van der Waals surface area (Å²) in [7, 11) is 1.00. The van der Waals surface area contributed by atoms with Crippen molar-refractivity contribution >= 4 is 22.7 Å². The highest BCUT2D eigenvalue weighted by atomic mass is 16.5. The van der Waals surface area contributed by atoms with E-state index >= 15 is 0 Å². The fourth-order valence-corrected chi connectivity index (χ4v) is 3.80. The van der Waals surface area contributed by atoms with E-state index in [1.54, 1.807) is 6.33 Å². The highest BCUT2D eigenvalue weighted by molar-refractivity contribution is 6.13. The predicted molar refractivity (Wildman–Crippen MR) is 109 cm³/mol. The van der Waals surface area contributed by atoms with Crippen LogP contribution in [0.2, 0.25) is 0 Å². The first-order valence-electron chi connectivity index (χ1n) is 9.47. The van der Waals surface area contributed by atoms with Crippen molar-refractivity contribution in [3.05, 3.63) is 54.0 Å². The Morgan fingerprint density at radius 1 is 1.17 bits per heavy atom. The van der Waals surface area contributed by atoms with E-state index in [0.717, 1.165) is 47.9 Å². The summed E-state index contributed by atoms with van der Waals surface area (Å²) in [5.41, 5.74) is 8.99. The molecule has 1 fully saturated rings. The van der Waals surface area contributed by atoms with Crippen molar-refractivity contribution in [2.24, 2.45) is 10.8 Å². The Hall–Kier alpha value is -3.01. The molecule has 4 heterocycles. The number of aromatic nitrogens is 3. The summed E-state index contributed by atoms with van der Waals surface area (Å²) in [6.45, 7) is 0.599. The molecule has 29 heavy (non-hydrogen) atoms. The van der Waals surface area contributed by atoms with Crippen molar-refractivity contribution < 1.29 is 14.9 Å². The maximum atomic E-state index is 9.36. The molecular formula is C20H24N6O3. The lowest BCUT2D eigenvalue weighted by Crippen LogP contribution is -2.27. The van der Waals surface area contributed by atoms with Gasteiger partial charge in [-0.25, -0.2) is 15.0 Å². The first-order valence-corrected chi connectivity index (χ1v) is 9.47. The number of aliphatic hydroxyl groups is 2. The first-order chi connectivity index (χ1) is 14.2. The number of benzene rings is 1. The number of aliphatic hydroxyl groups excluding tert-OH is 2. The molecule has 0 radical (unpaired) electrons. The lowest BCUT2D eigenvalue weighted by Gasteiger charge is -2.23. The van der Waals surface area contributed by atoms with Gasteiger partial charge in [-0.15, -0.1) is 0 Å². The molecule has 0 saturated carbocycles. The number of anilines is 1. The molecule has 5 rings (SSSR count). The minimum absolute atomic E-state index is 0.0250. The summed E-state index contributed by atoms with van der Waals surface area (Å²) in [5, 5.41) is 23.6. The molecule has 2 unspecified atom stereocenters. The largest absolute Gasteiger partial charge is 0.400 e. The molecule has 2 atom stereocenters. The molecule has 3 aromatic rings. The molecule has 152 valence electrons. The van der Waals surface area contributed by atoms with Gasteiger partial charge in [0.15, 0.2) is 11.7 Å². The number of rotatable bonds is 4. The van der Waals surface area contributed by atoms with E-state index in [4.69, 9.17) is 15.6 Å². The Kier molecular flexibility index (Phi) is 5.43. The van der Waals surface area contributed by atoms with E-state index in [0.29, 0.717) is 12.4 Å². The van der Waals surface area contributed by atoms with Crippen LogP contribution in [0.5, 0.6) is 0 Å². The zero-order chi connectivity index (χ0) is 20.4. The minimum atomic E-state index is -0.172. The van der Waals surface area contributed by atoms with Crippen LogP contribution in [0.1, 0.15) is 30.2 Å². The Morgan fingerprint density at radius 2 is 1.97 bits per heavy atom. The smallest absolute Gasteiger partial charge is 0.162 e. The third-order valence-corrected chi connectivity index (χ3v) is 5.11. The normalized spacial score (nSPS) is 20.4. The Labute approximate surface area is 168 Å². The summed E-state index contributed by atoms with van der Waals surface area (Å²) in [6, 6.07) is 10.1. The number of nitrogens with zero attached hydrogens (tertiary/aromatic N) is 5. The van der Waals surface area contributed by atoms with E-state index < -0.39 is 0 Å². The van der Waals surface area contributed by atoms with Gasteiger partial charge in [0.2, 0.25) is 0 Å². The molecule has 2 aliphatic heterocycles. The van der Waals surface area contributed by atoms with Gasteiger partial charge in [0.1, 0.15) is 18.2 Å². The highest BCUT2D eigenvalue weighted by Gasteiger charge is 2.31. The molecule has 0 spiro atoms. The standard InChI is InChI=1S/C19H20N6O2.CH4O/c20-17-14-9-24(15-7-6-13(10-26)27-15)18-16(14)19(22-11-21-18)25(23-17)8-12-4-2-1-3-5-12;1-2/h1-5,9,11,13,15,26H,6-8,10H2,(H2,20,23);2H,1H3. The molecule has 0 aliphatic carbocycles. The lowest BCUT2D eigenvalue weighted by atomic mass is 10.1. The van der Waals surface area contributed by atoms with Crippen molar-refractivity contribution in [1.82, 2.24) is 14.5 Å². The number of amidine groups is 1. The van der Waals surface area contributed by atoms with Gasteiger partial charge >= 0.3 is 0 Å². The van der Waals surface area contributed by atoms with Gasteiger partial charge in [0.25, 0.3) is 0 Å². The average molecular weight is 396 g/mol. The first kappa shape index (κ1) is 19.3. The number of hydrogen-bond donors (Lipinski definition) is 3. The maximum Gasteiger partial charge on any atom is 0.162 e. The zero-order valence-corrected chi connectivity index (χ0v) is 16.1. The number of hydrazone groups is 1. The van der Waals surface area contributed by atoms with E-state index in [9.17, 15) is 5.11 Å². The number of ether oxygens (including phenoxy) is 1. The fourth-order valence-electron chi connectivity index (χ4n) is 3.80. The average Bonchev–Trinajstić information content (AvgIpc) is 3.39. The molecular weight excluding hydrogens is 372 g/mol. The monoisotopic (exact) mass is 396 g/mol. The van der Waals surface area contributed by atoms with E-state index in [2.05, 4.69) is 15.1 Å². The Morgan fingerprint density at radius 3 is 2.69 bits per heavy atom. The van der Waals surface area contributed by atoms with Gasteiger partial charge in [0, 0.05) is 18.9 Å². The van der Waals surface area contributed by atoms with Gasteiger partial charge in [0.05, 0.1) is 24.6 Å². The van der Waals surface area contributed by atoms with Gasteiger partial charge in [-0.1, -0.05) is 30.3 Å². The molecule has 4 N–H and O–H groups in total.